The summed E-state index contributed by atoms with van der Waals surface area (Å²) < 4.78 is 13.3. The molecule has 0 aliphatic heterocycles. The fourth-order valence-electron chi connectivity index (χ4n) is 1.10. The lowest BCUT2D eigenvalue weighted by molar-refractivity contribution is 0.102. The van der Waals surface area contributed by atoms with Gasteiger partial charge in [0.05, 0.1) is 11.2 Å². The van der Waals surface area contributed by atoms with Crippen molar-refractivity contribution in [1.29, 1.82) is 0 Å². The molecule has 0 spiro atoms. The van der Waals surface area contributed by atoms with Crippen LogP contribution < -0.4 is 5.32 Å². The van der Waals surface area contributed by atoms with Gasteiger partial charge in [0.2, 0.25) is 0 Å². The van der Waals surface area contributed by atoms with Gasteiger partial charge in [-0.25, -0.2) is 9.37 Å². The second-order valence-corrected chi connectivity index (χ2v) is 4.52. The number of nitrogens with one attached hydrogen (secondary N) is 1. The molecule has 0 aliphatic rings. The number of carbonyl (C=O) groups is 1. The minimum Gasteiger partial charge on any atom is -0.320 e. The molecule has 82 valence electrons. The molecule has 0 saturated heterocycles. The highest BCUT2D eigenvalue weighted by atomic mass is 79.9. The third kappa shape index (κ3) is 2.45. The van der Waals surface area contributed by atoms with Crippen LogP contribution in [0.15, 0.2) is 33.6 Å². The van der Waals surface area contributed by atoms with E-state index in [1.165, 1.54) is 29.5 Å². The Balaban J connectivity index is 2.18. The van der Waals surface area contributed by atoms with Crippen molar-refractivity contribution < 1.29 is 9.18 Å². The molecule has 0 aliphatic carbocycles. The summed E-state index contributed by atoms with van der Waals surface area (Å²) in [5.41, 5.74) is 2.44. The highest BCUT2D eigenvalue weighted by Crippen LogP contribution is 2.23. The van der Waals surface area contributed by atoms with Gasteiger partial charge in [-0.15, -0.1) is 11.3 Å². The molecule has 0 unspecified atom stereocenters. The molecule has 1 heterocycles. The molecule has 3 nitrogen and oxygen atoms in total. The van der Waals surface area contributed by atoms with Gasteiger partial charge in [0.15, 0.2) is 0 Å². The predicted molar refractivity (Wildman–Crippen MR) is 64.2 cm³/mol. The molecule has 0 atom stereocenters. The highest BCUT2D eigenvalue weighted by Gasteiger charge is 2.10. The first-order valence-electron chi connectivity index (χ1n) is 4.31. The van der Waals surface area contributed by atoms with E-state index in [0.717, 1.165) is 0 Å². The van der Waals surface area contributed by atoms with Crippen LogP contribution in [0.1, 0.15) is 10.5 Å². The van der Waals surface area contributed by atoms with E-state index in [1.807, 2.05) is 0 Å². The van der Waals surface area contributed by atoms with Crippen LogP contribution in [0.3, 0.4) is 0 Å². The number of halogens is 2. The van der Waals surface area contributed by atoms with Gasteiger partial charge in [-0.05, 0) is 34.1 Å². The Bertz CT molecular complexity index is 516. The largest absolute Gasteiger partial charge is 0.320 e. The van der Waals surface area contributed by atoms with E-state index in [-0.39, 0.29) is 11.7 Å². The lowest BCUT2D eigenvalue weighted by Gasteiger charge is -2.05. The van der Waals surface area contributed by atoms with E-state index in [2.05, 4.69) is 26.2 Å². The number of benzene rings is 1. The summed E-state index contributed by atoms with van der Waals surface area (Å²) in [4.78, 5) is 15.5. The highest BCUT2D eigenvalue weighted by molar-refractivity contribution is 9.10. The van der Waals surface area contributed by atoms with E-state index in [4.69, 9.17) is 0 Å². The Kier molecular flexibility index (Phi) is 3.31. The summed E-state index contributed by atoms with van der Waals surface area (Å²) in [5, 5.41) is 4.28. The van der Waals surface area contributed by atoms with E-state index in [9.17, 15) is 9.18 Å². The third-order valence-electron chi connectivity index (χ3n) is 1.84. The number of anilines is 1. The molecule has 1 N–H and O–H groups in total. The van der Waals surface area contributed by atoms with Gasteiger partial charge in [0.25, 0.3) is 5.91 Å². The van der Waals surface area contributed by atoms with Crippen LogP contribution >= 0.6 is 27.3 Å². The molecule has 2 aromatic rings. The van der Waals surface area contributed by atoms with Crippen LogP contribution in [0.2, 0.25) is 0 Å². The SMILES string of the molecule is O=C(Nc1ccc(F)cc1Br)c1cscn1. The van der Waals surface area contributed by atoms with Crippen molar-refractivity contribution in [2.75, 3.05) is 5.32 Å². The van der Waals surface area contributed by atoms with Crippen LogP contribution in [0.25, 0.3) is 0 Å². The molecule has 1 amide bonds. The normalized spacial score (nSPS) is 10.1. The van der Waals surface area contributed by atoms with Crippen molar-refractivity contribution in [2.24, 2.45) is 0 Å². The minimum atomic E-state index is -0.362. The summed E-state index contributed by atoms with van der Waals surface area (Å²) >= 11 is 4.51. The first-order valence-corrected chi connectivity index (χ1v) is 6.05. The van der Waals surface area contributed by atoms with Gasteiger partial charge >= 0.3 is 0 Å². The molecule has 0 fully saturated rings. The Morgan fingerprint density at radius 1 is 1.50 bits per heavy atom. The number of nitrogens with zero attached hydrogens (tertiary/aromatic N) is 1. The lowest BCUT2D eigenvalue weighted by Crippen LogP contribution is -2.12. The molecule has 1 aromatic heterocycles. The molecule has 0 saturated carbocycles. The van der Waals surface area contributed by atoms with Gasteiger partial charge in [-0.3, -0.25) is 4.79 Å². The second-order valence-electron chi connectivity index (χ2n) is 2.95. The monoisotopic (exact) mass is 300 g/mol. The Morgan fingerprint density at radius 2 is 2.31 bits per heavy atom. The first kappa shape index (κ1) is 11.2. The Morgan fingerprint density at radius 3 is 2.94 bits per heavy atom. The maximum Gasteiger partial charge on any atom is 0.275 e. The molecule has 0 bridgehead atoms. The average molecular weight is 301 g/mol. The number of thiazole rings is 1. The van der Waals surface area contributed by atoms with Gasteiger partial charge in [-0.2, -0.15) is 0 Å². The average Bonchev–Trinajstić information content (AvgIpc) is 2.75. The van der Waals surface area contributed by atoms with Crippen molar-refractivity contribution in [3.8, 4) is 0 Å². The van der Waals surface area contributed by atoms with Gasteiger partial charge in [0.1, 0.15) is 11.5 Å². The zero-order valence-electron chi connectivity index (χ0n) is 7.91. The standard InChI is InChI=1S/C10H6BrFN2OS/c11-7-3-6(12)1-2-8(7)14-10(15)9-4-16-5-13-9/h1-5H,(H,14,15). The van der Waals surface area contributed by atoms with Crippen molar-refractivity contribution in [3.05, 3.63) is 45.1 Å². The quantitative estimate of drug-likeness (QED) is 0.924. The molecule has 0 radical (unpaired) electrons. The van der Waals surface area contributed by atoms with E-state index in [1.54, 1.807) is 10.9 Å². The van der Waals surface area contributed by atoms with Gasteiger partial charge < -0.3 is 5.32 Å². The van der Waals surface area contributed by atoms with Crippen LogP contribution in [0, 0.1) is 5.82 Å². The molecule has 16 heavy (non-hydrogen) atoms. The molecule has 2 rings (SSSR count). The Labute approximate surface area is 103 Å². The number of amides is 1. The summed E-state index contributed by atoms with van der Waals surface area (Å²) in [5.74, 6) is -0.674. The smallest absolute Gasteiger partial charge is 0.275 e. The minimum absolute atomic E-state index is 0.312. The summed E-state index contributed by atoms with van der Waals surface area (Å²) in [6.45, 7) is 0. The summed E-state index contributed by atoms with van der Waals surface area (Å²) in [7, 11) is 0. The van der Waals surface area contributed by atoms with Gasteiger partial charge in [-0.1, -0.05) is 0 Å². The molecule has 1 aromatic carbocycles. The topological polar surface area (TPSA) is 42.0 Å². The van der Waals surface area contributed by atoms with E-state index in [0.29, 0.717) is 15.9 Å². The number of hydrogen-bond acceptors (Lipinski definition) is 3. The lowest BCUT2D eigenvalue weighted by atomic mass is 10.3. The fourth-order valence-corrected chi connectivity index (χ4v) is 2.08. The number of rotatable bonds is 2. The van der Waals surface area contributed by atoms with Crippen molar-refractivity contribution >= 4 is 38.9 Å². The van der Waals surface area contributed by atoms with Crippen molar-refractivity contribution in [3.63, 3.8) is 0 Å². The Hall–Kier alpha value is -1.27. The zero-order valence-corrected chi connectivity index (χ0v) is 10.3. The van der Waals surface area contributed by atoms with Crippen LogP contribution in [-0.2, 0) is 0 Å². The van der Waals surface area contributed by atoms with Crippen LogP contribution in [0.5, 0.6) is 0 Å². The fraction of sp³-hybridized carbons (Fsp3) is 0. The summed E-state index contributed by atoms with van der Waals surface area (Å²) in [6, 6.07) is 4.06. The van der Waals surface area contributed by atoms with Crippen molar-refractivity contribution in [2.45, 2.75) is 0 Å². The van der Waals surface area contributed by atoms with E-state index >= 15 is 0 Å². The summed E-state index contributed by atoms with van der Waals surface area (Å²) in [6.07, 6.45) is 0. The van der Waals surface area contributed by atoms with Crippen LogP contribution in [-0.4, -0.2) is 10.9 Å². The molecular weight excluding hydrogens is 295 g/mol. The third-order valence-corrected chi connectivity index (χ3v) is 3.09. The van der Waals surface area contributed by atoms with Crippen molar-refractivity contribution in [1.82, 2.24) is 4.98 Å². The number of aromatic nitrogens is 1. The maximum atomic E-state index is 12.8. The zero-order chi connectivity index (χ0) is 11.5. The predicted octanol–water partition coefficient (Wildman–Crippen LogP) is 3.30. The molecule has 6 heteroatoms. The number of carbonyl (C=O) groups excluding carboxylic acids is 1. The maximum absolute atomic E-state index is 12.8. The number of hydrogen-bond donors (Lipinski definition) is 1. The van der Waals surface area contributed by atoms with Crippen LogP contribution in [0.4, 0.5) is 10.1 Å². The van der Waals surface area contributed by atoms with E-state index < -0.39 is 0 Å². The molecular formula is C10H6BrFN2OS. The second kappa shape index (κ2) is 4.71. The first-order chi connectivity index (χ1) is 7.66. The van der Waals surface area contributed by atoms with Gasteiger partial charge in [0, 0.05) is 9.85 Å².